The van der Waals surface area contributed by atoms with E-state index < -0.39 is 0 Å². The fourth-order valence-electron chi connectivity index (χ4n) is 3.95. The van der Waals surface area contributed by atoms with Crippen molar-refractivity contribution >= 4 is 5.91 Å². The number of benzene rings is 2. The Labute approximate surface area is 171 Å². The fourth-order valence-corrected chi connectivity index (χ4v) is 3.95. The van der Waals surface area contributed by atoms with E-state index in [2.05, 4.69) is 29.4 Å². The third kappa shape index (κ3) is 5.12. The van der Waals surface area contributed by atoms with Crippen molar-refractivity contribution in [3.63, 3.8) is 0 Å². The Balaban J connectivity index is 1.49. The average Bonchev–Trinajstić information content (AvgIpc) is 3.16. The molecule has 2 aromatic carbocycles. The maximum Gasteiger partial charge on any atom is 0.223 e. The van der Waals surface area contributed by atoms with Crippen molar-refractivity contribution < 1.29 is 9.53 Å². The van der Waals surface area contributed by atoms with Gasteiger partial charge in [0, 0.05) is 44.4 Å². The van der Waals surface area contributed by atoms with E-state index in [-0.39, 0.29) is 17.9 Å². The Morgan fingerprint density at radius 1 is 1.03 bits per heavy atom. The monoisotopic (exact) mass is 389 g/mol. The van der Waals surface area contributed by atoms with Gasteiger partial charge in [0.15, 0.2) is 0 Å². The molecule has 4 rings (SSSR count). The molecule has 1 atom stereocenters. The zero-order valence-corrected chi connectivity index (χ0v) is 16.6. The number of hydrogen-bond acceptors (Lipinski definition) is 3. The van der Waals surface area contributed by atoms with Gasteiger partial charge in [-0.1, -0.05) is 60.7 Å². The highest BCUT2D eigenvalue weighted by Gasteiger charge is 2.26. The van der Waals surface area contributed by atoms with Crippen molar-refractivity contribution in [3.8, 4) is 0 Å². The minimum Gasteiger partial charge on any atom is -0.374 e. The minimum absolute atomic E-state index is 0.0340. The van der Waals surface area contributed by atoms with Crippen molar-refractivity contribution in [2.24, 2.45) is 0 Å². The van der Waals surface area contributed by atoms with Gasteiger partial charge in [-0.3, -0.25) is 9.48 Å². The smallest absolute Gasteiger partial charge is 0.223 e. The molecule has 0 bridgehead atoms. The normalized spacial score (nSPS) is 17.3. The number of rotatable bonds is 6. The number of ether oxygens (including phenoxy) is 1. The molecule has 1 fully saturated rings. The van der Waals surface area contributed by atoms with Crippen LogP contribution in [0.2, 0.25) is 0 Å². The zero-order valence-electron chi connectivity index (χ0n) is 16.6. The van der Waals surface area contributed by atoms with Gasteiger partial charge < -0.3 is 9.64 Å². The van der Waals surface area contributed by atoms with Crippen LogP contribution in [0.3, 0.4) is 0 Å². The van der Waals surface area contributed by atoms with Crippen LogP contribution in [0.25, 0.3) is 0 Å². The van der Waals surface area contributed by atoms with E-state index in [1.165, 1.54) is 11.1 Å². The number of nitrogens with zero attached hydrogens (tertiary/aromatic N) is 3. The van der Waals surface area contributed by atoms with Crippen molar-refractivity contribution in [1.82, 2.24) is 14.7 Å². The fraction of sp³-hybridized carbons (Fsp3) is 0.333. The van der Waals surface area contributed by atoms with E-state index >= 15 is 0 Å². The van der Waals surface area contributed by atoms with Gasteiger partial charge in [0.1, 0.15) is 0 Å². The van der Waals surface area contributed by atoms with Crippen LogP contribution in [-0.2, 0) is 16.1 Å². The number of hydrogen-bond donors (Lipinski definition) is 0. The van der Waals surface area contributed by atoms with Crippen LogP contribution in [0.15, 0.2) is 79.1 Å². The number of aromatic nitrogens is 2. The van der Waals surface area contributed by atoms with Crippen molar-refractivity contribution in [2.45, 2.75) is 31.4 Å². The first-order chi connectivity index (χ1) is 14.3. The summed E-state index contributed by atoms with van der Waals surface area (Å²) in [6.45, 7) is 2.69. The minimum atomic E-state index is -0.0340. The number of carbonyl (C=O) groups excluding carboxylic acids is 1. The van der Waals surface area contributed by atoms with Gasteiger partial charge in [-0.15, -0.1) is 0 Å². The van der Waals surface area contributed by atoms with E-state index in [0.717, 1.165) is 13.0 Å². The topological polar surface area (TPSA) is 47.4 Å². The van der Waals surface area contributed by atoms with Crippen LogP contribution in [-0.4, -0.2) is 46.4 Å². The lowest BCUT2D eigenvalue weighted by atomic mass is 9.88. The molecule has 1 saturated heterocycles. The molecule has 2 heterocycles. The van der Waals surface area contributed by atoms with E-state index in [9.17, 15) is 4.79 Å². The van der Waals surface area contributed by atoms with E-state index in [4.69, 9.17) is 4.74 Å². The van der Waals surface area contributed by atoms with Crippen molar-refractivity contribution in [2.75, 3.05) is 19.7 Å². The highest BCUT2D eigenvalue weighted by molar-refractivity contribution is 5.78. The molecule has 5 heteroatoms. The van der Waals surface area contributed by atoms with Gasteiger partial charge in [-0.05, 0) is 23.6 Å². The quantitative estimate of drug-likeness (QED) is 0.646. The summed E-state index contributed by atoms with van der Waals surface area (Å²) in [5.41, 5.74) is 2.34. The van der Waals surface area contributed by atoms with E-state index in [0.29, 0.717) is 26.1 Å². The largest absolute Gasteiger partial charge is 0.374 e. The van der Waals surface area contributed by atoms with Gasteiger partial charge >= 0.3 is 0 Å². The Morgan fingerprint density at radius 3 is 2.34 bits per heavy atom. The van der Waals surface area contributed by atoms with E-state index in [1.54, 1.807) is 6.20 Å². The van der Waals surface area contributed by atoms with Crippen molar-refractivity contribution in [1.29, 1.82) is 0 Å². The summed E-state index contributed by atoms with van der Waals surface area (Å²) in [6.07, 6.45) is 4.99. The van der Waals surface area contributed by atoms with Crippen LogP contribution in [0, 0.1) is 0 Å². The second-order valence-electron chi connectivity index (χ2n) is 7.49. The Kier molecular flexibility index (Phi) is 6.37. The molecule has 0 N–H and O–H groups in total. The highest BCUT2D eigenvalue weighted by Crippen LogP contribution is 2.29. The lowest BCUT2D eigenvalue weighted by Crippen LogP contribution is -2.39. The maximum absolute atomic E-state index is 13.3. The lowest BCUT2D eigenvalue weighted by Gasteiger charge is -2.26. The summed E-state index contributed by atoms with van der Waals surface area (Å²) in [7, 11) is 0. The SMILES string of the molecule is O=C(CC(c1ccccc1)c1ccccc1)N1CCCO[C@@H](Cn2cccn2)C1. The predicted octanol–water partition coefficient (Wildman–Crippen LogP) is 3.72. The Bertz CT molecular complexity index is 842. The average molecular weight is 389 g/mol. The molecular weight excluding hydrogens is 362 g/mol. The summed E-state index contributed by atoms with van der Waals surface area (Å²) in [6, 6.07) is 22.5. The van der Waals surface area contributed by atoms with Gasteiger partial charge in [0.05, 0.1) is 12.6 Å². The van der Waals surface area contributed by atoms with Gasteiger partial charge in [0.2, 0.25) is 5.91 Å². The molecule has 1 aliphatic rings. The molecule has 3 aromatic rings. The van der Waals surface area contributed by atoms with Gasteiger partial charge in [0.25, 0.3) is 0 Å². The Hall–Kier alpha value is -2.92. The van der Waals surface area contributed by atoms with E-state index in [1.807, 2.05) is 58.2 Å². The first kappa shape index (κ1) is 19.4. The lowest BCUT2D eigenvalue weighted by molar-refractivity contribution is -0.132. The number of carbonyl (C=O) groups is 1. The molecule has 1 amide bonds. The third-order valence-electron chi connectivity index (χ3n) is 5.44. The highest BCUT2D eigenvalue weighted by atomic mass is 16.5. The van der Waals surface area contributed by atoms with Gasteiger partial charge in [-0.2, -0.15) is 5.10 Å². The van der Waals surface area contributed by atoms with Crippen LogP contribution in [0.5, 0.6) is 0 Å². The first-order valence-corrected chi connectivity index (χ1v) is 10.3. The standard InChI is InChI=1S/C24H27N3O2/c28-24(26-14-8-16-29-22(18-26)19-27-15-7-13-25-27)17-23(20-9-3-1-4-10-20)21-11-5-2-6-12-21/h1-7,9-13,15,22-23H,8,14,16-19H2/t22-/m1/s1. The van der Waals surface area contributed by atoms with Crippen LogP contribution >= 0.6 is 0 Å². The van der Waals surface area contributed by atoms with Crippen LogP contribution in [0.1, 0.15) is 29.9 Å². The van der Waals surface area contributed by atoms with Gasteiger partial charge in [-0.25, -0.2) is 0 Å². The second kappa shape index (κ2) is 9.52. The molecule has 1 aromatic heterocycles. The molecule has 1 aliphatic heterocycles. The van der Waals surface area contributed by atoms with Crippen LogP contribution < -0.4 is 0 Å². The summed E-state index contributed by atoms with van der Waals surface area (Å²) in [5, 5.41) is 4.27. The summed E-state index contributed by atoms with van der Waals surface area (Å²) in [5.74, 6) is 0.234. The number of amides is 1. The molecular formula is C24H27N3O2. The molecule has 0 saturated carbocycles. The summed E-state index contributed by atoms with van der Waals surface area (Å²) >= 11 is 0. The summed E-state index contributed by atoms with van der Waals surface area (Å²) < 4.78 is 7.85. The van der Waals surface area contributed by atoms with Crippen LogP contribution in [0.4, 0.5) is 0 Å². The molecule has 5 nitrogen and oxygen atoms in total. The Morgan fingerprint density at radius 2 is 1.72 bits per heavy atom. The molecule has 150 valence electrons. The maximum atomic E-state index is 13.3. The molecule has 0 spiro atoms. The zero-order chi connectivity index (χ0) is 19.9. The summed E-state index contributed by atoms with van der Waals surface area (Å²) in [4.78, 5) is 15.3. The predicted molar refractivity (Wildman–Crippen MR) is 113 cm³/mol. The molecule has 0 radical (unpaired) electrons. The second-order valence-corrected chi connectivity index (χ2v) is 7.49. The molecule has 29 heavy (non-hydrogen) atoms. The third-order valence-corrected chi connectivity index (χ3v) is 5.44. The first-order valence-electron chi connectivity index (χ1n) is 10.3. The van der Waals surface area contributed by atoms with Crippen molar-refractivity contribution in [3.05, 3.63) is 90.3 Å². The molecule has 0 aliphatic carbocycles. The molecule has 0 unspecified atom stereocenters.